The van der Waals surface area contributed by atoms with Gasteiger partial charge in [-0.2, -0.15) is 0 Å². The van der Waals surface area contributed by atoms with Crippen LogP contribution in [0.2, 0.25) is 0 Å². The zero-order chi connectivity index (χ0) is 13.9. The molecule has 2 rings (SSSR count). The Balaban J connectivity index is 2.07. The van der Waals surface area contributed by atoms with Crippen LogP contribution in [0.3, 0.4) is 0 Å². The highest BCUT2D eigenvalue weighted by Gasteiger charge is 2.44. The fraction of sp³-hybridized carbons (Fsp3) is 1.00. The maximum absolute atomic E-state index is 11.0. The SMILES string of the molecule is CCOC1(C(O)C2CC(C)CC(C)C2)CCCCC1. The van der Waals surface area contributed by atoms with Gasteiger partial charge in [-0.15, -0.1) is 0 Å². The van der Waals surface area contributed by atoms with Crippen molar-refractivity contribution in [2.75, 3.05) is 6.61 Å². The number of ether oxygens (including phenoxy) is 1. The third-order valence-electron chi connectivity index (χ3n) is 5.33. The minimum atomic E-state index is -0.252. The lowest BCUT2D eigenvalue weighted by atomic mass is 9.68. The number of aliphatic hydroxyl groups excluding tert-OH is 1. The molecule has 3 atom stereocenters. The van der Waals surface area contributed by atoms with Gasteiger partial charge in [0.25, 0.3) is 0 Å². The first-order valence-electron chi connectivity index (χ1n) is 8.39. The highest BCUT2D eigenvalue weighted by molar-refractivity contribution is 4.96. The number of aliphatic hydroxyl groups is 1. The van der Waals surface area contributed by atoms with Gasteiger partial charge in [-0.1, -0.05) is 33.1 Å². The van der Waals surface area contributed by atoms with Crippen molar-refractivity contribution in [3.8, 4) is 0 Å². The summed E-state index contributed by atoms with van der Waals surface area (Å²) in [5.74, 6) is 1.96. The van der Waals surface area contributed by atoms with E-state index in [1.807, 2.05) is 0 Å². The summed E-state index contributed by atoms with van der Waals surface area (Å²) in [6.45, 7) is 7.47. The molecule has 2 heteroatoms. The molecule has 112 valence electrons. The van der Waals surface area contributed by atoms with Crippen LogP contribution in [0.5, 0.6) is 0 Å². The van der Waals surface area contributed by atoms with Crippen LogP contribution in [0.15, 0.2) is 0 Å². The number of rotatable bonds is 4. The van der Waals surface area contributed by atoms with Gasteiger partial charge in [0, 0.05) is 6.61 Å². The summed E-state index contributed by atoms with van der Waals surface area (Å²) in [6.07, 6.45) is 9.29. The Morgan fingerprint density at radius 3 is 2.16 bits per heavy atom. The van der Waals surface area contributed by atoms with Crippen molar-refractivity contribution in [3.63, 3.8) is 0 Å². The molecule has 2 aliphatic carbocycles. The number of hydrogen-bond donors (Lipinski definition) is 1. The molecule has 0 spiro atoms. The second-order valence-corrected chi connectivity index (χ2v) is 7.18. The third kappa shape index (κ3) is 3.52. The van der Waals surface area contributed by atoms with Crippen molar-refractivity contribution in [1.82, 2.24) is 0 Å². The zero-order valence-corrected chi connectivity index (χ0v) is 13.0. The molecule has 0 heterocycles. The van der Waals surface area contributed by atoms with Crippen LogP contribution in [0.25, 0.3) is 0 Å². The Morgan fingerprint density at radius 2 is 1.63 bits per heavy atom. The lowest BCUT2D eigenvalue weighted by molar-refractivity contribution is -0.164. The van der Waals surface area contributed by atoms with Crippen molar-refractivity contribution in [2.45, 2.75) is 83.8 Å². The molecular weight excluding hydrogens is 236 g/mol. The van der Waals surface area contributed by atoms with E-state index in [1.165, 1.54) is 38.5 Å². The van der Waals surface area contributed by atoms with E-state index in [0.717, 1.165) is 31.3 Å². The summed E-state index contributed by atoms with van der Waals surface area (Å²) in [5.41, 5.74) is -0.228. The second-order valence-electron chi connectivity index (χ2n) is 7.18. The molecule has 1 N–H and O–H groups in total. The van der Waals surface area contributed by atoms with Gasteiger partial charge in [0.15, 0.2) is 0 Å². The molecule has 19 heavy (non-hydrogen) atoms. The normalized spacial score (nSPS) is 36.9. The first kappa shape index (κ1) is 15.3. The van der Waals surface area contributed by atoms with Crippen LogP contribution < -0.4 is 0 Å². The van der Waals surface area contributed by atoms with Crippen molar-refractivity contribution in [1.29, 1.82) is 0 Å². The molecule has 0 aliphatic heterocycles. The number of hydrogen-bond acceptors (Lipinski definition) is 2. The molecule has 0 aromatic rings. The molecule has 3 unspecified atom stereocenters. The van der Waals surface area contributed by atoms with E-state index in [0.29, 0.717) is 5.92 Å². The minimum Gasteiger partial charge on any atom is -0.390 e. The Labute approximate surface area is 118 Å². The minimum absolute atomic E-state index is 0.228. The first-order chi connectivity index (χ1) is 9.07. The van der Waals surface area contributed by atoms with Gasteiger partial charge in [0.05, 0.1) is 11.7 Å². The van der Waals surface area contributed by atoms with E-state index >= 15 is 0 Å². The van der Waals surface area contributed by atoms with E-state index in [1.54, 1.807) is 0 Å². The molecule has 2 fully saturated rings. The van der Waals surface area contributed by atoms with E-state index in [-0.39, 0.29) is 11.7 Å². The maximum Gasteiger partial charge on any atom is 0.0942 e. The van der Waals surface area contributed by atoms with E-state index in [9.17, 15) is 5.11 Å². The van der Waals surface area contributed by atoms with Crippen molar-refractivity contribution >= 4 is 0 Å². The third-order valence-corrected chi connectivity index (χ3v) is 5.33. The van der Waals surface area contributed by atoms with Gasteiger partial charge in [0.2, 0.25) is 0 Å². The standard InChI is InChI=1S/C17H32O2/c1-4-19-17(8-6-5-7-9-17)16(18)15-11-13(2)10-14(3)12-15/h13-16,18H,4-12H2,1-3H3. The van der Waals surface area contributed by atoms with Crippen LogP contribution in [-0.2, 0) is 4.74 Å². The van der Waals surface area contributed by atoms with Crippen LogP contribution in [0.4, 0.5) is 0 Å². The zero-order valence-electron chi connectivity index (χ0n) is 13.0. The van der Waals surface area contributed by atoms with Crippen LogP contribution in [0, 0.1) is 17.8 Å². The smallest absolute Gasteiger partial charge is 0.0942 e. The lowest BCUT2D eigenvalue weighted by Gasteiger charge is -2.46. The average molecular weight is 268 g/mol. The van der Waals surface area contributed by atoms with Gasteiger partial charge < -0.3 is 9.84 Å². The monoisotopic (exact) mass is 268 g/mol. The van der Waals surface area contributed by atoms with E-state index in [2.05, 4.69) is 20.8 Å². The molecule has 0 amide bonds. The van der Waals surface area contributed by atoms with Gasteiger partial charge in [-0.3, -0.25) is 0 Å². The fourth-order valence-corrected chi connectivity index (χ4v) is 4.66. The Bertz CT molecular complexity index is 255. The predicted molar refractivity (Wildman–Crippen MR) is 79.1 cm³/mol. The Morgan fingerprint density at radius 1 is 1.05 bits per heavy atom. The molecule has 0 radical (unpaired) electrons. The Hall–Kier alpha value is -0.0800. The molecule has 2 saturated carbocycles. The van der Waals surface area contributed by atoms with E-state index < -0.39 is 0 Å². The molecule has 0 aromatic heterocycles. The average Bonchev–Trinajstić information content (AvgIpc) is 2.38. The molecule has 2 nitrogen and oxygen atoms in total. The van der Waals surface area contributed by atoms with Crippen molar-refractivity contribution < 1.29 is 9.84 Å². The van der Waals surface area contributed by atoms with Crippen LogP contribution >= 0.6 is 0 Å². The molecule has 0 aromatic carbocycles. The molecule has 2 aliphatic rings. The summed E-state index contributed by atoms with van der Waals surface area (Å²) in [6, 6.07) is 0. The van der Waals surface area contributed by atoms with Gasteiger partial charge in [0.1, 0.15) is 0 Å². The summed E-state index contributed by atoms with van der Waals surface area (Å²) in [4.78, 5) is 0. The van der Waals surface area contributed by atoms with Gasteiger partial charge >= 0.3 is 0 Å². The van der Waals surface area contributed by atoms with Crippen LogP contribution in [0.1, 0.15) is 72.1 Å². The Kier molecular flexibility index (Phi) is 5.30. The summed E-state index contributed by atoms with van der Waals surface area (Å²) < 4.78 is 6.11. The predicted octanol–water partition coefficient (Wildman–Crippen LogP) is 4.16. The molecule has 0 saturated heterocycles. The summed E-state index contributed by atoms with van der Waals surface area (Å²) in [7, 11) is 0. The summed E-state index contributed by atoms with van der Waals surface area (Å²) >= 11 is 0. The summed E-state index contributed by atoms with van der Waals surface area (Å²) in [5, 5.41) is 11.0. The quantitative estimate of drug-likeness (QED) is 0.829. The second kappa shape index (κ2) is 6.58. The lowest BCUT2D eigenvalue weighted by Crippen LogP contribution is -2.51. The van der Waals surface area contributed by atoms with Gasteiger partial charge in [-0.05, 0) is 56.8 Å². The largest absolute Gasteiger partial charge is 0.390 e. The maximum atomic E-state index is 11.0. The van der Waals surface area contributed by atoms with Crippen molar-refractivity contribution in [2.24, 2.45) is 17.8 Å². The molecular formula is C17H32O2. The first-order valence-corrected chi connectivity index (χ1v) is 8.39. The fourth-order valence-electron chi connectivity index (χ4n) is 4.66. The van der Waals surface area contributed by atoms with E-state index in [4.69, 9.17) is 4.74 Å². The molecule has 0 bridgehead atoms. The highest BCUT2D eigenvalue weighted by atomic mass is 16.5. The van der Waals surface area contributed by atoms with Crippen LogP contribution in [-0.4, -0.2) is 23.4 Å². The van der Waals surface area contributed by atoms with Crippen molar-refractivity contribution in [3.05, 3.63) is 0 Å². The van der Waals surface area contributed by atoms with Gasteiger partial charge in [-0.25, -0.2) is 0 Å². The highest BCUT2D eigenvalue weighted by Crippen LogP contribution is 2.43. The topological polar surface area (TPSA) is 29.5 Å².